The first-order valence-electron chi connectivity index (χ1n) is 4.73. The Kier molecular flexibility index (Phi) is 2.74. The van der Waals surface area contributed by atoms with Crippen LogP contribution in [0.3, 0.4) is 0 Å². The number of carboxylic acid groups (broad SMARTS) is 1. The van der Waals surface area contributed by atoms with Crippen molar-refractivity contribution < 1.29 is 19.5 Å². The van der Waals surface area contributed by atoms with Gasteiger partial charge in [-0.2, -0.15) is 0 Å². The van der Waals surface area contributed by atoms with Gasteiger partial charge >= 0.3 is 5.97 Å². The van der Waals surface area contributed by atoms with Gasteiger partial charge in [0.1, 0.15) is 4.88 Å². The molecule has 0 spiro atoms. The minimum atomic E-state index is -0.990. The van der Waals surface area contributed by atoms with E-state index in [-0.39, 0.29) is 36.1 Å². The SMILES string of the molecule is O=C(O)c1ccc(CN2C(=O)CCC2=O)s1. The summed E-state index contributed by atoms with van der Waals surface area (Å²) >= 11 is 1.09. The van der Waals surface area contributed by atoms with Gasteiger partial charge < -0.3 is 5.11 Å². The summed E-state index contributed by atoms with van der Waals surface area (Å²) in [5.74, 6) is -1.36. The Labute approximate surface area is 95.3 Å². The lowest BCUT2D eigenvalue weighted by molar-refractivity contribution is -0.138. The minimum absolute atomic E-state index is 0.185. The van der Waals surface area contributed by atoms with Crippen molar-refractivity contribution in [3.8, 4) is 0 Å². The summed E-state index contributed by atoms with van der Waals surface area (Å²) in [4.78, 5) is 35.4. The fourth-order valence-electron chi connectivity index (χ4n) is 1.53. The fraction of sp³-hybridized carbons (Fsp3) is 0.300. The number of hydrogen-bond donors (Lipinski definition) is 1. The number of carbonyl (C=O) groups excluding carboxylic acids is 2. The Morgan fingerprint density at radius 1 is 1.31 bits per heavy atom. The molecule has 1 aromatic rings. The first-order chi connectivity index (χ1) is 7.58. The molecule has 2 rings (SSSR count). The average molecular weight is 239 g/mol. The van der Waals surface area contributed by atoms with E-state index in [9.17, 15) is 14.4 Å². The van der Waals surface area contributed by atoms with Gasteiger partial charge in [-0.3, -0.25) is 14.5 Å². The molecule has 0 saturated carbocycles. The molecule has 2 heterocycles. The number of hydrogen-bond acceptors (Lipinski definition) is 4. The Hall–Kier alpha value is -1.69. The molecule has 1 aromatic heterocycles. The van der Waals surface area contributed by atoms with Gasteiger partial charge in [-0.1, -0.05) is 0 Å². The summed E-state index contributed by atoms with van der Waals surface area (Å²) in [5, 5.41) is 8.73. The molecule has 0 unspecified atom stereocenters. The lowest BCUT2D eigenvalue weighted by Gasteiger charge is -2.11. The molecule has 0 radical (unpaired) electrons. The molecule has 5 nitrogen and oxygen atoms in total. The zero-order chi connectivity index (χ0) is 11.7. The van der Waals surface area contributed by atoms with Crippen molar-refractivity contribution in [2.24, 2.45) is 0 Å². The summed E-state index contributed by atoms with van der Waals surface area (Å²) in [6.07, 6.45) is 0.520. The maximum atomic E-state index is 11.3. The number of thiophene rings is 1. The van der Waals surface area contributed by atoms with Crippen molar-refractivity contribution in [2.45, 2.75) is 19.4 Å². The molecule has 6 heteroatoms. The van der Waals surface area contributed by atoms with Crippen LogP contribution in [0.5, 0.6) is 0 Å². The lowest BCUT2D eigenvalue weighted by atomic mass is 10.4. The molecule has 16 heavy (non-hydrogen) atoms. The first kappa shape index (κ1) is 10.8. The molecular formula is C10H9NO4S. The summed E-state index contributed by atoms with van der Waals surface area (Å²) in [6, 6.07) is 3.11. The zero-order valence-corrected chi connectivity index (χ0v) is 9.12. The predicted molar refractivity (Wildman–Crippen MR) is 56.1 cm³/mol. The number of carbonyl (C=O) groups is 3. The molecule has 1 N–H and O–H groups in total. The van der Waals surface area contributed by atoms with Crippen molar-refractivity contribution in [1.29, 1.82) is 0 Å². The quantitative estimate of drug-likeness (QED) is 0.801. The van der Waals surface area contributed by atoms with Crippen LogP contribution in [0, 0.1) is 0 Å². The molecular weight excluding hydrogens is 230 g/mol. The smallest absolute Gasteiger partial charge is 0.345 e. The number of likely N-dealkylation sites (tertiary alicyclic amines) is 1. The average Bonchev–Trinajstić information content (AvgIpc) is 2.80. The van der Waals surface area contributed by atoms with Crippen molar-refractivity contribution >= 4 is 29.1 Å². The van der Waals surface area contributed by atoms with Gasteiger partial charge in [-0.15, -0.1) is 11.3 Å². The van der Waals surface area contributed by atoms with Gasteiger partial charge in [0.2, 0.25) is 11.8 Å². The Bertz CT molecular complexity index is 449. The number of amides is 2. The predicted octanol–water partition coefficient (Wildman–Crippen LogP) is 1.10. The summed E-state index contributed by atoms with van der Waals surface area (Å²) in [5.41, 5.74) is 0. The van der Waals surface area contributed by atoms with Gasteiger partial charge in [0, 0.05) is 17.7 Å². The highest BCUT2D eigenvalue weighted by molar-refractivity contribution is 7.13. The summed E-state index contributed by atoms with van der Waals surface area (Å²) in [6.45, 7) is 0.190. The van der Waals surface area contributed by atoms with Gasteiger partial charge in [0.05, 0.1) is 6.54 Å². The molecule has 0 bridgehead atoms. The normalized spacial score (nSPS) is 15.9. The maximum Gasteiger partial charge on any atom is 0.345 e. The van der Waals surface area contributed by atoms with Gasteiger partial charge in [0.25, 0.3) is 0 Å². The Morgan fingerprint density at radius 2 is 1.94 bits per heavy atom. The fourth-order valence-corrected chi connectivity index (χ4v) is 2.37. The maximum absolute atomic E-state index is 11.3. The van der Waals surface area contributed by atoms with Gasteiger partial charge in [0.15, 0.2) is 0 Å². The highest BCUT2D eigenvalue weighted by Crippen LogP contribution is 2.21. The molecule has 0 aliphatic carbocycles. The van der Waals surface area contributed by atoms with E-state index in [0.717, 1.165) is 11.3 Å². The molecule has 84 valence electrons. The van der Waals surface area contributed by atoms with Crippen LogP contribution in [0.15, 0.2) is 12.1 Å². The number of rotatable bonds is 3. The third-order valence-corrected chi connectivity index (χ3v) is 3.40. The van der Waals surface area contributed by atoms with Crippen molar-refractivity contribution in [2.75, 3.05) is 0 Å². The largest absolute Gasteiger partial charge is 0.477 e. The molecule has 1 fully saturated rings. The number of aromatic carboxylic acids is 1. The Balaban J connectivity index is 2.11. The van der Waals surface area contributed by atoms with Crippen LogP contribution in [0.1, 0.15) is 27.4 Å². The van der Waals surface area contributed by atoms with E-state index in [1.807, 2.05) is 0 Å². The minimum Gasteiger partial charge on any atom is -0.477 e. The third-order valence-electron chi connectivity index (χ3n) is 2.34. The topological polar surface area (TPSA) is 74.7 Å². The molecule has 1 saturated heterocycles. The third kappa shape index (κ3) is 1.96. The molecule has 0 aromatic carbocycles. The second kappa shape index (κ2) is 4.05. The number of carboxylic acids is 1. The van der Waals surface area contributed by atoms with E-state index < -0.39 is 5.97 Å². The van der Waals surface area contributed by atoms with E-state index in [0.29, 0.717) is 4.88 Å². The van der Waals surface area contributed by atoms with Crippen LogP contribution in [0.4, 0.5) is 0 Å². The molecule has 2 amide bonds. The van der Waals surface area contributed by atoms with Crippen LogP contribution in [0.2, 0.25) is 0 Å². The molecule has 1 aliphatic rings. The van der Waals surface area contributed by atoms with Crippen molar-refractivity contribution in [3.05, 3.63) is 21.9 Å². The highest BCUT2D eigenvalue weighted by atomic mass is 32.1. The second-order valence-electron chi connectivity index (χ2n) is 3.44. The monoisotopic (exact) mass is 239 g/mol. The summed E-state index contributed by atoms with van der Waals surface area (Å²) in [7, 11) is 0. The highest BCUT2D eigenvalue weighted by Gasteiger charge is 2.29. The van der Waals surface area contributed by atoms with Gasteiger partial charge in [-0.05, 0) is 12.1 Å². The van der Waals surface area contributed by atoms with Crippen LogP contribution < -0.4 is 0 Å². The number of imide groups is 1. The van der Waals surface area contributed by atoms with Crippen molar-refractivity contribution in [3.63, 3.8) is 0 Å². The van der Waals surface area contributed by atoms with Crippen LogP contribution in [0.25, 0.3) is 0 Å². The number of nitrogens with zero attached hydrogens (tertiary/aromatic N) is 1. The first-order valence-corrected chi connectivity index (χ1v) is 5.55. The second-order valence-corrected chi connectivity index (χ2v) is 4.61. The molecule has 0 atom stereocenters. The molecule has 1 aliphatic heterocycles. The standard InChI is InChI=1S/C10H9NO4S/c12-8-3-4-9(13)11(8)5-6-1-2-7(16-6)10(14)15/h1-2H,3-5H2,(H,14,15). The summed E-state index contributed by atoms with van der Waals surface area (Å²) < 4.78 is 0. The van der Waals surface area contributed by atoms with Crippen molar-refractivity contribution in [1.82, 2.24) is 4.90 Å². The lowest BCUT2D eigenvalue weighted by Crippen LogP contribution is -2.27. The van der Waals surface area contributed by atoms with Crippen LogP contribution in [-0.4, -0.2) is 27.8 Å². The van der Waals surface area contributed by atoms with E-state index in [2.05, 4.69) is 0 Å². The van der Waals surface area contributed by atoms with E-state index in [1.54, 1.807) is 6.07 Å². The van der Waals surface area contributed by atoms with E-state index in [1.165, 1.54) is 11.0 Å². The van der Waals surface area contributed by atoms with Gasteiger partial charge in [-0.25, -0.2) is 4.79 Å². The van der Waals surface area contributed by atoms with Crippen LogP contribution in [-0.2, 0) is 16.1 Å². The van der Waals surface area contributed by atoms with E-state index in [4.69, 9.17) is 5.11 Å². The Morgan fingerprint density at radius 3 is 2.44 bits per heavy atom. The van der Waals surface area contributed by atoms with Crippen LogP contribution >= 0.6 is 11.3 Å². The van der Waals surface area contributed by atoms with E-state index >= 15 is 0 Å². The zero-order valence-electron chi connectivity index (χ0n) is 8.30.